The van der Waals surface area contributed by atoms with Crippen molar-refractivity contribution >= 4 is 11.9 Å². The average molecular weight is 1020 g/mol. The van der Waals surface area contributed by atoms with E-state index in [1.165, 1.54) is 316 Å². The number of carbonyl (C=O) groups is 2. The molecule has 0 saturated carbocycles. The van der Waals surface area contributed by atoms with Crippen molar-refractivity contribution in [3.63, 3.8) is 0 Å². The lowest BCUT2D eigenvalue weighted by Crippen LogP contribution is -2.47. The fourth-order valence-corrected chi connectivity index (χ4v) is 11.4. The number of piperidine rings is 1. The summed E-state index contributed by atoms with van der Waals surface area (Å²) in [5.41, 5.74) is 0. The first kappa shape index (κ1) is 68.8. The standard InChI is InChI=1S/C65H130N4O3/c1-6-10-14-18-22-23-24-25-28-34-39-43-52-66(53-44-40-35-29-26-27-30-36-42-50-65(71)72-5)58-51-63-49-48-57-69(61-63)64(70)62-68(56-47-41-33-21-17-13-9-4)60-59-67(54-45-37-31-19-15-11-7-2)55-46-38-32-20-16-12-8-3/h63H,6-62H2,1-5H3. The molecule has 1 saturated heterocycles. The van der Waals surface area contributed by atoms with Crippen LogP contribution in [0, 0.1) is 5.92 Å². The number of hydrogen-bond donors (Lipinski definition) is 0. The minimum Gasteiger partial charge on any atom is -0.469 e. The van der Waals surface area contributed by atoms with E-state index in [0.29, 0.717) is 24.8 Å². The van der Waals surface area contributed by atoms with Gasteiger partial charge in [-0.2, -0.15) is 0 Å². The van der Waals surface area contributed by atoms with E-state index in [4.69, 9.17) is 4.74 Å². The second-order valence-electron chi connectivity index (χ2n) is 23.4. The predicted molar refractivity (Wildman–Crippen MR) is 316 cm³/mol. The molecule has 0 aromatic rings. The summed E-state index contributed by atoms with van der Waals surface area (Å²) in [6.07, 6.45) is 61.0. The molecule has 1 fully saturated rings. The fourth-order valence-electron chi connectivity index (χ4n) is 11.4. The van der Waals surface area contributed by atoms with Crippen LogP contribution in [0.5, 0.6) is 0 Å². The van der Waals surface area contributed by atoms with E-state index in [2.05, 4.69) is 47.3 Å². The quantitative estimate of drug-likeness (QED) is 0.0447. The van der Waals surface area contributed by atoms with Crippen LogP contribution < -0.4 is 0 Å². The largest absolute Gasteiger partial charge is 0.469 e. The molecule has 7 heteroatoms. The molecule has 0 N–H and O–H groups in total. The SMILES string of the molecule is CCCCCCCCCCCCCCN(CCCCCCCCCCCC(=O)OC)CCC1CCCN(C(=O)CN(CCCCCCCCC)CCN(CCCCCCCCC)CCCCCCCCC)C1. The number of rotatable bonds is 57. The summed E-state index contributed by atoms with van der Waals surface area (Å²) in [7, 11) is 1.49. The minimum absolute atomic E-state index is 0.0694. The summed E-state index contributed by atoms with van der Waals surface area (Å²) in [5, 5.41) is 0. The van der Waals surface area contributed by atoms with Gasteiger partial charge in [0.25, 0.3) is 0 Å². The third-order valence-corrected chi connectivity index (χ3v) is 16.5. The average Bonchev–Trinajstić information content (AvgIpc) is 3.39. The lowest BCUT2D eigenvalue weighted by atomic mass is 9.94. The van der Waals surface area contributed by atoms with Gasteiger partial charge < -0.3 is 19.4 Å². The number of likely N-dealkylation sites (tertiary alicyclic amines) is 1. The van der Waals surface area contributed by atoms with Crippen LogP contribution in [-0.4, -0.2) is 111 Å². The van der Waals surface area contributed by atoms with Crippen molar-refractivity contribution in [2.24, 2.45) is 5.92 Å². The summed E-state index contributed by atoms with van der Waals surface area (Å²) >= 11 is 0. The van der Waals surface area contributed by atoms with Crippen molar-refractivity contribution in [2.45, 2.75) is 323 Å². The summed E-state index contributed by atoms with van der Waals surface area (Å²) in [4.78, 5) is 36.2. The van der Waals surface area contributed by atoms with Gasteiger partial charge in [0.05, 0.1) is 13.7 Å². The Balaban J connectivity index is 2.78. The lowest BCUT2D eigenvalue weighted by molar-refractivity contribution is -0.140. The number of unbranched alkanes of at least 4 members (excludes halogenated alkanes) is 37. The summed E-state index contributed by atoms with van der Waals surface area (Å²) < 4.78 is 4.79. The maximum Gasteiger partial charge on any atom is 0.305 e. The molecule has 1 unspecified atom stereocenters. The van der Waals surface area contributed by atoms with Crippen LogP contribution in [0.1, 0.15) is 323 Å². The fraction of sp³-hybridized carbons (Fsp3) is 0.969. The molecular formula is C65H130N4O3. The Morgan fingerprint density at radius 1 is 0.389 bits per heavy atom. The highest BCUT2D eigenvalue weighted by atomic mass is 16.5. The summed E-state index contributed by atoms with van der Waals surface area (Å²) in [5.74, 6) is 0.971. The van der Waals surface area contributed by atoms with E-state index in [-0.39, 0.29) is 5.97 Å². The summed E-state index contributed by atoms with van der Waals surface area (Å²) in [6.45, 7) is 21.2. The first-order valence-corrected chi connectivity index (χ1v) is 33.0. The Bertz CT molecular complexity index is 1100. The molecule has 72 heavy (non-hydrogen) atoms. The van der Waals surface area contributed by atoms with Crippen molar-refractivity contribution in [3.05, 3.63) is 0 Å². The maximum atomic E-state index is 14.3. The van der Waals surface area contributed by atoms with E-state index in [0.717, 1.165) is 45.6 Å². The predicted octanol–water partition coefficient (Wildman–Crippen LogP) is 18.5. The molecule has 7 nitrogen and oxygen atoms in total. The molecule has 428 valence electrons. The van der Waals surface area contributed by atoms with E-state index >= 15 is 0 Å². The van der Waals surface area contributed by atoms with E-state index in [1.807, 2.05) is 0 Å². The number of amides is 1. The Labute approximate surface area is 452 Å². The van der Waals surface area contributed by atoms with Gasteiger partial charge in [-0.15, -0.1) is 0 Å². The molecule has 0 radical (unpaired) electrons. The number of methoxy groups -OCH3 is 1. The molecule has 0 aliphatic carbocycles. The molecule has 0 aromatic heterocycles. The molecule has 1 aliphatic heterocycles. The van der Waals surface area contributed by atoms with Crippen molar-refractivity contribution in [3.8, 4) is 0 Å². The number of hydrogen-bond acceptors (Lipinski definition) is 6. The molecule has 0 spiro atoms. The topological polar surface area (TPSA) is 56.3 Å². The van der Waals surface area contributed by atoms with Gasteiger partial charge in [0, 0.05) is 32.6 Å². The van der Waals surface area contributed by atoms with E-state index < -0.39 is 0 Å². The number of carbonyl (C=O) groups excluding carboxylic acids is 2. The molecule has 0 aromatic carbocycles. The van der Waals surface area contributed by atoms with Crippen LogP contribution in [0.25, 0.3) is 0 Å². The molecule has 1 heterocycles. The van der Waals surface area contributed by atoms with Crippen LogP contribution in [0.3, 0.4) is 0 Å². The molecule has 1 atom stereocenters. The first-order chi connectivity index (χ1) is 35.5. The van der Waals surface area contributed by atoms with Crippen molar-refractivity contribution in [1.29, 1.82) is 0 Å². The lowest BCUT2D eigenvalue weighted by Gasteiger charge is -2.36. The molecule has 1 rings (SSSR count). The van der Waals surface area contributed by atoms with E-state index in [9.17, 15) is 9.59 Å². The van der Waals surface area contributed by atoms with E-state index in [1.54, 1.807) is 0 Å². The zero-order chi connectivity index (χ0) is 52.1. The molecular weight excluding hydrogens is 885 g/mol. The number of nitrogens with zero attached hydrogens (tertiary/aromatic N) is 4. The first-order valence-electron chi connectivity index (χ1n) is 33.0. The van der Waals surface area contributed by atoms with Gasteiger partial charge in [0.2, 0.25) is 5.91 Å². The van der Waals surface area contributed by atoms with Crippen molar-refractivity contribution < 1.29 is 14.3 Å². The van der Waals surface area contributed by atoms with Gasteiger partial charge in [0.15, 0.2) is 0 Å². The zero-order valence-electron chi connectivity index (χ0n) is 49.9. The van der Waals surface area contributed by atoms with Crippen LogP contribution in [0.2, 0.25) is 0 Å². The van der Waals surface area contributed by atoms with Gasteiger partial charge >= 0.3 is 5.97 Å². The van der Waals surface area contributed by atoms with Gasteiger partial charge in [-0.3, -0.25) is 14.5 Å². The van der Waals surface area contributed by atoms with Crippen LogP contribution in [0.4, 0.5) is 0 Å². The highest BCUT2D eigenvalue weighted by molar-refractivity contribution is 5.78. The smallest absolute Gasteiger partial charge is 0.305 e. The Kier molecular flexibility index (Phi) is 52.2. The second kappa shape index (κ2) is 54.6. The van der Waals surface area contributed by atoms with Gasteiger partial charge in [-0.1, -0.05) is 259 Å². The van der Waals surface area contributed by atoms with Gasteiger partial charge in [-0.05, 0) is 103 Å². The number of esters is 1. The monoisotopic (exact) mass is 1020 g/mol. The second-order valence-corrected chi connectivity index (χ2v) is 23.4. The minimum atomic E-state index is -0.0694. The zero-order valence-corrected chi connectivity index (χ0v) is 49.9. The highest BCUT2D eigenvalue weighted by Gasteiger charge is 2.25. The van der Waals surface area contributed by atoms with Gasteiger partial charge in [-0.25, -0.2) is 0 Å². The normalized spacial score (nSPS) is 14.2. The van der Waals surface area contributed by atoms with Crippen molar-refractivity contribution in [2.75, 3.05) is 79.1 Å². The molecule has 1 amide bonds. The third kappa shape index (κ3) is 45.1. The van der Waals surface area contributed by atoms with Crippen LogP contribution >= 0.6 is 0 Å². The molecule has 1 aliphatic rings. The van der Waals surface area contributed by atoms with Gasteiger partial charge in [0.1, 0.15) is 0 Å². The third-order valence-electron chi connectivity index (χ3n) is 16.5. The Morgan fingerprint density at radius 3 is 1.06 bits per heavy atom. The maximum absolute atomic E-state index is 14.3. The van der Waals surface area contributed by atoms with Crippen molar-refractivity contribution in [1.82, 2.24) is 19.6 Å². The Hall–Kier alpha value is -1.18. The summed E-state index contributed by atoms with van der Waals surface area (Å²) in [6, 6.07) is 0. The highest BCUT2D eigenvalue weighted by Crippen LogP contribution is 2.22. The Morgan fingerprint density at radius 2 is 0.694 bits per heavy atom. The number of ether oxygens (including phenoxy) is 1. The van der Waals surface area contributed by atoms with Crippen LogP contribution in [0.15, 0.2) is 0 Å². The molecule has 0 bridgehead atoms. The van der Waals surface area contributed by atoms with Crippen LogP contribution in [-0.2, 0) is 14.3 Å².